The zero-order valence-electron chi connectivity index (χ0n) is 11.3. The van der Waals surface area contributed by atoms with Crippen LogP contribution in [0.4, 0.5) is 5.69 Å². The summed E-state index contributed by atoms with van der Waals surface area (Å²) < 4.78 is 0. The third kappa shape index (κ3) is 3.80. The van der Waals surface area contributed by atoms with E-state index < -0.39 is 0 Å². The Morgan fingerprint density at radius 1 is 1.15 bits per heavy atom. The molecule has 2 aromatic carbocycles. The number of hydrogen-bond donors (Lipinski definition) is 2. The fraction of sp³-hybridized carbons (Fsp3) is 0.118. The van der Waals surface area contributed by atoms with Crippen LogP contribution in [0, 0.1) is 0 Å². The lowest BCUT2D eigenvalue weighted by molar-refractivity contribution is -0.111. The molecule has 0 bridgehead atoms. The van der Waals surface area contributed by atoms with Gasteiger partial charge in [0.2, 0.25) is 5.91 Å². The molecule has 2 N–H and O–H groups in total. The quantitative estimate of drug-likeness (QED) is 0.836. The number of amides is 1. The summed E-state index contributed by atoms with van der Waals surface area (Å²) in [6.45, 7) is 1.86. The first-order chi connectivity index (χ1) is 9.69. The Balaban J connectivity index is 2.08. The summed E-state index contributed by atoms with van der Waals surface area (Å²) >= 11 is 0. The van der Waals surface area contributed by atoms with Crippen molar-refractivity contribution < 1.29 is 9.90 Å². The number of anilines is 1. The number of aliphatic hydroxyl groups excluding tert-OH is 1. The Kier molecular flexibility index (Phi) is 4.69. The lowest BCUT2D eigenvalue weighted by Gasteiger charge is -2.05. The van der Waals surface area contributed by atoms with E-state index in [1.807, 2.05) is 37.3 Å². The summed E-state index contributed by atoms with van der Waals surface area (Å²) in [7, 11) is 0. The minimum absolute atomic E-state index is 0.0391. The Morgan fingerprint density at radius 2 is 1.90 bits per heavy atom. The van der Waals surface area contributed by atoms with Crippen LogP contribution in [0.25, 0.3) is 5.57 Å². The molecule has 2 aromatic rings. The zero-order chi connectivity index (χ0) is 14.4. The molecule has 2 rings (SSSR count). The van der Waals surface area contributed by atoms with Crippen LogP contribution in [-0.2, 0) is 11.4 Å². The molecule has 0 saturated carbocycles. The predicted octanol–water partition coefficient (Wildman–Crippen LogP) is 3.22. The minimum Gasteiger partial charge on any atom is -0.392 e. The van der Waals surface area contributed by atoms with Gasteiger partial charge in [-0.1, -0.05) is 42.5 Å². The molecule has 0 saturated heterocycles. The lowest BCUT2D eigenvalue weighted by atomic mass is 10.1. The number of carbonyl (C=O) groups is 1. The smallest absolute Gasteiger partial charge is 0.248 e. The molecule has 3 nitrogen and oxygen atoms in total. The highest BCUT2D eigenvalue weighted by molar-refractivity contribution is 6.03. The molecular weight excluding hydrogens is 250 g/mol. The maximum absolute atomic E-state index is 11.9. The molecule has 0 aromatic heterocycles. The highest BCUT2D eigenvalue weighted by Gasteiger charge is 2.02. The summed E-state index contributed by atoms with van der Waals surface area (Å²) in [5.41, 5.74) is 3.37. The van der Waals surface area contributed by atoms with E-state index in [2.05, 4.69) is 5.32 Å². The second-order valence-electron chi connectivity index (χ2n) is 4.54. The van der Waals surface area contributed by atoms with Gasteiger partial charge < -0.3 is 10.4 Å². The fourth-order valence-corrected chi connectivity index (χ4v) is 1.91. The first-order valence-electron chi connectivity index (χ1n) is 6.43. The maximum Gasteiger partial charge on any atom is 0.248 e. The maximum atomic E-state index is 11.9. The Labute approximate surface area is 118 Å². The molecule has 102 valence electrons. The van der Waals surface area contributed by atoms with Crippen LogP contribution >= 0.6 is 0 Å². The van der Waals surface area contributed by atoms with E-state index in [0.717, 1.165) is 16.7 Å². The van der Waals surface area contributed by atoms with Crippen molar-refractivity contribution in [3.05, 3.63) is 71.8 Å². The molecule has 0 unspecified atom stereocenters. The molecule has 0 aliphatic carbocycles. The fourth-order valence-electron chi connectivity index (χ4n) is 1.91. The van der Waals surface area contributed by atoms with E-state index in [-0.39, 0.29) is 12.5 Å². The van der Waals surface area contributed by atoms with E-state index in [4.69, 9.17) is 5.11 Å². The average Bonchev–Trinajstić information content (AvgIpc) is 2.48. The zero-order valence-corrected chi connectivity index (χ0v) is 11.3. The predicted molar refractivity (Wildman–Crippen MR) is 81.1 cm³/mol. The number of benzene rings is 2. The monoisotopic (exact) mass is 267 g/mol. The first kappa shape index (κ1) is 14.0. The largest absolute Gasteiger partial charge is 0.392 e. The van der Waals surface area contributed by atoms with E-state index in [0.29, 0.717) is 5.69 Å². The number of aliphatic hydroxyl groups is 1. The molecule has 1 amide bonds. The van der Waals surface area contributed by atoms with E-state index in [1.165, 1.54) is 0 Å². The van der Waals surface area contributed by atoms with Crippen molar-refractivity contribution >= 4 is 17.2 Å². The molecule has 20 heavy (non-hydrogen) atoms. The second-order valence-corrected chi connectivity index (χ2v) is 4.54. The van der Waals surface area contributed by atoms with Gasteiger partial charge in [0.25, 0.3) is 0 Å². The van der Waals surface area contributed by atoms with Gasteiger partial charge in [-0.05, 0) is 35.8 Å². The van der Waals surface area contributed by atoms with Crippen molar-refractivity contribution in [1.82, 2.24) is 0 Å². The van der Waals surface area contributed by atoms with Crippen LogP contribution in [0.5, 0.6) is 0 Å². The van der Waals surface area contributed by atoms with Gasteiger partial charge in [0.15, 0.2) is 0 Å². The first-order valence-corrected chi connectivity index (χ1v) is 6.43. The van der Waals surface area contributed by atoms with E-state index in [1.54, 1.807) is 30.3 Å². The van der Waals surface area contributed by atoms with Crippen LogP contribution in [-0.4, -0.2) is 11.0 Å². The van der Waals surface area contributed by atoms with Gasteiger partial charge in [0.1, 0.15) is 0 Å². The van der Waals surface area contributed by atoms with Crippen molar-refractivity contribution in [2.45, 2.75) is 13.5 Å². The van der Waals surface area contributed by atoms with Gasteiger partial charge in [-0.3, -0.25) is 4.79 Å². The van der Waals surface area contributed by atoms with Gasteiger partial charge in [-0.2, -0.15) is 0 Å². The van der Waals surface area contributed by atoms with Gasteiger partial charge >= 0.3 is 0 Å². The van der Waals surface area contributed by atoms with E-state index >= 15 is 0 Å². The molecule has 0 aliphatic rings. The summed E-state index contributed by atoms with van der Waals surface area (Å²) in [6.07, 6.45) is 1.57. The van der Waals surface area contributed by atoms with Crippen LogP contribution in [0.15, 0.2) is 60.7 Å². The van der Waals surface area contributed by atoms with E-state index in [9.17, 15) is 4.79 Å². The third-order valence-corrected chi connectivity index (χ3v) is 2.95. The second kappa shape index (κ2) is 6.68. The number of hydrogen-bond acceptors (Lipinski definition) is 2. The van der Waals surface area contributed by atoms with Crippen LogP contribution in [0.2, 0.25) is 0 Å². The normalized spacial score (nSPS) is 11.2. The molecule has 0 radical (unpaired) electrons. The highest BCUT2D eigenvalue weighted by Crippen LogP contribution is 2.14. The van der Waals surface area contributed by atoms with Crippen molar-refractivity contribution in [3.8, 4) is 0 Å². The van der Waals surface area contributed by atoms with Crippen molar-refractivity contribution in [2.75, 3.05) is 5.32 Å². The lowest BCUT2D eigenvalue weighted by Crippen LogP contribution is -2.08. The number of allylic oxidation sites excluding steroid dienone is 1. The summed E-state index contributed by atoms with van der Waals surface area (Å²) in [5.74, 6) is -0.179. The van der Waals surface area contributed by atoms with Gasteiger partial charge in [0.05, 0.1) is 6.61 Å². The SMILES string of the molecule is C/C(=C/C(=O)Nc1cccc(CO)c1)c1ccccc1. The van der Waals surface area contributed by atoms with Crippen molar-refractivity contribution in [1.29, 1.82) is 0 Å². The third-order valence-electron chi connectivity index (χ3n) is 2.95. The van der Waals surface area contributed by atoms with Crippen molar-refractivity contribution in [2.24, 2.45) is 0 Å². The highest BCUT2D eigenvalue weighted by atomic mass is 16.3. The standard InChI is InChI=1S/C17H17NO2/c1-13(15-7-3-2-4-8-15)10-17(20)18-16-9-5-6-14(11-16)12-19/h2-11,19H,12H2,1H3,(H,18,20)/b13-10-. The minimum atomic E-state index is -0.179. The summed E-state index contributed by atoms with van der Waals surface area (Å²) in [6, 6.07) is 16.9. The molecule has 3 heteroatoms. The van der Waals surface area contributed by atoms with Crippen LogP contribution < -0.4 is 5.32 Å². The molecule has 0 heterocycles. The summed E-state index contributed by atoms with van der Waals surface area (Å²) in [5, 5.41) is 11.9. The number of nitrogens with one attached hydrogen (secondary N) is 1. The van der Waals surface area contributed by atoms with Crippen molar-refractivity contribution in [3.63, 3.8) is 0 Å². The summed E-state index contributed by atoms with van der Waals surface area (Å²) in [4.78, 5) is 11.9. The number of rotatable bonds is 4. The van der Waals surface area contributed by atoms with Gasteiger partial charge in [-0.25, -0.2) is 0 Å². The Hall–Kier alpha value is -2.39. The molecule has 0 atom stereocenters. The van der Waals surface area contributed by atoms with Gasteiger partial charge in [-0.15, -0.1) is 0 Å². The van der Waals surface area contributed by atoms with Crippen LogP contribution in [0.3, 0.4) is 0 Å². The molecule has 0 spiro atoms. The molecular formula is C17H17NO2. The number of carbonyl (C=O) groups excluding carboxylic acids is 1. The average molecular weight is 267 g/mol. The molecule has 0 aliphatic heterocycles. The Bertz CT molecular complexity index is 618. The topological polar surface area (TPSA) is 49.3 Å². The van der Waals surface area contributed by atoms with Gasteiger partial charge in [0, 0.05) is 11.8 Å². The Morgan fingerprint density at radius 3 is 2.60 bits per heavy atom. The van der Waals surface area contributed by atoms with Crippen LogP contribution in [0.1, 0.15) is 18.1 Å². The molecule has 0 fully saturated rings.